The number of aryl methyl sites for hydroxylation is 4. The van der Waals surface area contributed by atoms with E-state index in [1.54, 1.807) is 0 Å². The van der Waals surface area contributed by atoms with Crippen LogP contribution < -0.4 is 0 Å². The van der Waals surface area contributed by atoms with Gasteiger partial charge in [0.05, 0.1) is 40.0 Å². The van der Waals surface area contributed by atoms with Crippen molar-refractivity contribution >= 4 is 49.3 Å². The average molecular weight is 871 g/mol. The van der Waals surface area contributed by atoms with Gasteiger partial charge in [-0.25, -0.2) is 4.85 Å². The van der Waals surface area contributed by atoms with E-state index in [0.29, 0.717) is 5.69 Å². The Bertz CT molecular complexity index is 3750. The quantitative estimate of drug-likeness (QED) is 0.147. The molecule has 9 aromatic carbocycles. The van der Waals surface area contributed by atoms with Crippen LogP contribution in [0.15, 0.2) is 207 Å². The Balaban J connectivity index is 1.24. The minimum atomic E-state index is 0.566. The minimum absolute atomic E-state index is 0.566. The second kappa shape index (κ2) is 16.3. The van der Waals surface area contributed by atoms with Crippen molar-refractivity contribution in [1.29, 1.82) is 0 Å². The predicted molar refractivity (Wildman–Crippen MR) is 285 cm³/mol. The van der Waals surface area contributed by atoms with Gasteiger partial charge >= 0.3 is 0 Å². The Morgan fingerprint density at radius 3 is 0.926 bits per heavy atom. The molecule has 0 atom stereocenters. The molecule has 0 spiro atoms. The first kappa shape index (κ1) is 40.7. The summed E-state index contributed by atoms with van der Waals surface area (Å²) in [4.78, 5) is 8.68. The van der Waals surface area contributed by atoms with Crippen LogP contribution in [-0.4, -0.2) is 14.1 Å². The molecule has 3 aromatic heterocycles. The Morgan fingerprint density at radius 1 is 0.324 bits per heavy atom. The second-order valence-electron chi connectivity index (χ2n) is 18.3. The number of hydrogen-bond donors (Lipinski definition) is 0. The summed E-state index contributed by atoms with van der Waals surface area (Å²) in [5.74, 6) is 0. The summed E-state index contributed by atoms with van der Waals surface area (Å²) < 4.78 is 4.88. The molecule has 68 heavy (non-hydrogen) atoms. The number of hydrogen-bond acceptors (Lipinski definition) is 1. The van der Waals surface area contributed by atoms with Crippen molar-refractivity contribution in [2.24, 2.45) is 0 Å². The van der Waals surface area contributed by atoms with Crippen LogP contribution in [0.25, 0.3) is 115 Å². The largest absolute Gasteiger partial charge is 0.308 e. The van der Waals surface area contributed by atoms with E-state index in [9.17, 15) is 0 Å². The summed E-state index contributed by atoms with van der Waals surface area (Å²) >= 11 is 0. The van der Waals surface area contributed by atoms with Gasteiger partial charge in [-0.15, -0.1) is 0 Å². The van der Waals surface area contributed by atoms with Crippen molar-refractivity contribution in [3.8, 4) is 67.0 Å². The van der Waals surface area contributed by atoms with Gasteiger partial charge in [-0.2, -0.15) is 0 Å². The highest BCUT2D eigenvalue weighted by molar-refractivity contribution is 6.14. The van der Waals surface area contributed by atoms with Crippen molar-refractivity contribution in [3.63, 3.8) is 0 Å². The van der Waals surface area contributed by atoms with E-state index in [-0.39, 0.29) is 0 Å². The SMILES string of the molecule is [C-]#[N+]c1cc(-n2c3cc(-c4ccc(C)cc4)ccc3c3ccc(-c4ccc(C)cc4)cc32)c(-n2c3cc(-c4ccc(C)cc4)ccc3c3ccc(-c4ccc(C)cc4)cc32)cc1-c1ccncc1. The number of fused-ring (bicyclic) bond motifs is 6. The van der Waals surface area contributed by atoms with Crippen molar-refractivity contribution in [2.45, 2.75) is 27.7 Å². The zero-order valence-corrected chi connectivity index (χ0v) is 38.4. The first-order valence-corrected chi connectivity index (χ1v) is 23.2. The molecule has 0 aliphatic heterocycles. The molecule has 0 amide bonds. The topological polar surface area (TPSA) is 27.1 Å². The van der Waals surface area contributed by atoms with Gasteiger partial charge in [-0.1, -0.05) is 168 Å². The molecule has 0 N–H and O–H groups in total. The maximum atomic E-state index is 8.79. The lowest BCUT2D eigenvalue weighted by atomic mass is 10.0. The van der Waals surface area contributed by atoms with Crippen molar-refractivity contribution in [1.82, 2.24) is 14.1 Å². The third-order valence-corrected chi connectivity index (χ3v) is 13.8. The van der Waals surface area contributed by atoms with E-state index in [4.69, 9.17) is 6.57 Å². The fraction of sp³-hybridized carbons (Fsp3) is 0.0625. The molecule has 0 saturated heterocycles. The van der Waals surface area contributed by atoms with Gasteiger partial charge in [-0.05, 0) is 132 Å². The molecule has 12 rings (SSSR count). The smallest absolute Gasteiger partial charge is 0.197 e. The Labute approximate surface area is 396 Å². The summed E-state index contributed by atoms with van der Waals surface area (Å²) in [7, 11) is 0. The molecule has 0 bridgehead atoms. The fourth-order valence-corrected chi connectivity index (χ4v) is 10.0. The van der Waals surface area contributed by atoms with Gasteiger partial charge in [0.2, 0.25) is 0 Å². The summed E-state index contributed by atoms with van der Waals surface area (Å²) in [6, 6.07) is 71.0. The number of rotatable bonds is 7. The molecule has 0 fully saturated rings. The molecular formula is C64H46N4. The molecule has 0 unspecified atom stereocenters. The highest BCUT2D eigenvalue weighted by atomic mass is 15.1. The van der Waals surface area contributed by atoms with Crippen LogP contribution in [0.5, 0.6) is 0 Å². The molecule has 4 heteroatoms. The van der Waals surface area contributed by atoms with Gasteiger partial charge < -0.3 is 9.13 Å². The number of pyridine rings is 1. The van der Waals surface area contributed by atoms with Crippen LogP contribution in [0, 0.1) is 34.3 Å². The average Bonchev–Trinajstić information content (AvgIpc) is 3.88. The summed E-state index contributed by atoms with van der Waals surface area (Å²) in [5, 5.41) is 4.60. The Kier molecular flexibility index (Phi) is 9.74. The molecule has 0 aliphatic carbocycles. The monoisotopic (exact) mass is 870 g/mol. The van der Waals surface area contributed by atoms with E-state index in [1.807, 2.05) is 24.5 Å². The van der Waals surface area contributed by atoms with E-state index in [0.717, 1.165) is 111 Å². The van der Waals surface area contributed by atoms with E-state index >= 15 is 0 Å². The van der Waals surface area contributed by atoms with Crippen LogP contribution in [0.1, 0.15) is 22.3 Å². The van der Waals surface area contributed by atoms with E-state index in [2.05, 4.69) is 229 Å². The van der Waals surface area contributed by atoms with Crippen LogP contribution in [0.2, 0.25) is 0 Å². The van der Waals surface area contributed by atoms with Crippen molar-refractivity contribution < 1.29 is 0 Å². The fourth-order valence-electron chi connectivity index (χ4n) is 10.0. The maximum absolute atomic E-state index is 8.79. The molecule has 0 radical (unpaired) electrons. The molecule has 0 aliphatic rings. The zero-order chi connectivity index (χ0) is 46.0. The Morgan fingerprint density at radius 2 is 0.618 bits per heavy atom. The van der Waals surface area contributed by atoms with E-state index < -0.39 is 0 Å². The summed E-state index contributed by atoms with van der Waals surface area (Å²) in [5.41, 5.74) is 22.6. The lowest BCUT2D eigenvalue weighted by molar-refractivity contribution is 1.10. The number of benzene rings is 9. The van der Waals surface area contributed by atoms with Crippen LogP contribution in [-0.2, 0) is 0 Å². The third-order valence-electron chi connectivity index (χ3n) is 13.8. The number of aromatic nitrogens is 3. The lowest BCUT2D eigenvalue weighted by Gasteiger charge is -2.20. The first-order valence-electron chi connectivity index (χ1n) is 23.2. The summed E-state index contributed by atoms with van der Waals surface area (Å²) in [6.07, 6.45) is 3.62. The first-order chi connectivity index (χ1) is 33.3. The molecule has 4 nitrogen and oxygen atoms in total. The Hall–Kier alpha value is -8.78. The molecule has 0 saturated carbocycles. The van der Waals surface area contributed by atoms with Crippen LogP contribution in [0.3, 0.4) is 0 Å². The highest BCUT2D eigenvalue weighted by Gasteiger charge is 2.24. The maximum Gasteiger partial charge on any atom is 0.197 e. The van der Waals surface area contributed by atoms with Gasteiger partial charge in [0.15, 0.2) is 5.69 Å². The molecule has 12 aromatic rings. The summed E-state index contributed by atoms with van der Waals surface area (Å²) in [6.45, 7) is 17.3. The lowest BCUT2D eigenvalue weighted by Crippen LogP contribution is -2.04. The molecular weight excluding hydrogens is 825 g/mol. The second-order valence-corrected chi connectivity index (χ2v) is 18.3. The van der Waals surface area contributed by atoms with Crippen LogP contribution in [0.4, 0.5) is 5.69 Å². The van der Waals surface area contributed by atoms with E-state index in [1.165, 1.54) is 22.3 Å². The van der Waals surface area contributed by atoms with Gasteiger partial charge in [0.25, 0.3) is 0 Å². The molecule has 322 valence electrons. The van der Waals surface area contributed by atoms with Gasteiger partial charge in [0, 0.05) is 33.9 Å². The van der Waals surface area contributed by atoms with Crippen LogP contribution >= 0.6 is 0 Å². The normalized spacial score (nSPS) is 11.5. The van der Waals surface area contributed by atoms with Crippen molar-refractivity contribution in [2.75, 3.05) is 0 Å². The standard InChI is InChI=1S/C64H46N4/c1-40-6-14-44(15-7-40)49-22-26-53-54-27-23-50(45-16-8-41(2)9-17-45)35-60(54)67(59(53)34-49)63-38-57(48-30-32-66-33-31-48)58(65-5)39-64(63)68-61-36-51(46-18-10-42(3)11-19-46)24-28-55(61)56-29-25-52(37-62(56)68)47-20-12-43(4)13-21-47/h6-39H,1-4H3. The van der Waals surface area contributed by atoms with Gasteiger partial charge in [0.1, 0.15) is 0 Å². The highest BCUT2D eigenvalue weighted by Crippen LogP contribution is 2.45. The minimum Gasteiger partial charge on any atom is -0.308 e. The molecule has 3 heterocycles. The third kappa shape index (κ3) is 6.96. The zero-order valence-electron chi connectivity index (χ0n) is 38.4. The predicted octanol–water partition coefficient (Wildman–Crippen LogP) is 17.4. The number of nitrogens with zero attached hydrogens (tertiary/aromatic N) is 4. The van der Waals surface area contributed by atoms with Gasteiger partial charge in [-0.3, -0.25) is 4.98 Å². The van der Waals surface area contributed by atoms with Crippen molar-refractivity contribution in [3.05, 3.63) is 240 Å².